The van der Waals surface area contributed by atoms with E-state index >= 15 is 0 Å². The lowest BCUT2D eigenvalue weighted by Crippen LogP contribution is -2.62. The number of rotatable bonds is 10. The smallest absolute Gasteiger partial charge is 0.352 e. The quantitative estimate of drug-likeness (QED) is 0.197. The van der Waals surface area contributed by atoms with Gasteiger partial charge in [-0.1, -0.05) is 30.3 Å². The van der Waals surface area contributed by atoms with E-state index in [2.05, 4.69) is 15.2 Å². The number of hydrogen-bond donors (Lipinski definition) is 1. The van der Waals surface area contributed by atoms with Crippen molar-refractivity contribution < 1.29 is 29.3 Å². The Labute approximate surface area is 228 Å². The molecule has 5 rings (SSSR count). The zero-order valence-electron chi connectivity index (χ0n) is 21.0. The molecule has 204 valence electrons. The summed E-state index contributed by atoms with van der Waals surface area (Å²) in [5, 5.41) is 26.9. The van der Waals surface area contributed by atoms with Crippen LogP contribution in [0.5, 0.6) is 0 Å². The Balaban J connectivity index is 1.15. The summed E-state index contributed by atoms with van der Waals surface area (Å²) >= 11 is 1.38. The third kappa shape index (κ3) is 5.79. The number of β-lactam (4-membered cyclic amide) rings is 1. The van der Waals surface area contributed by atoms with Crippen LogP contribution < -0.4 is 4.90 Å². The van der Waals surface area contributed by atoms with E-state index in [-0.39, 0.29) is 36.7 Å². The maximum Gasteiger partial charge on any atom is 0.352 e. The SMILES string of the molecule is O=C(Cc1ccccc1)CC1C(=O)N2C(C(=O)O)=C(CO/N=[N+](\[O-])N3CCN(c4ncccn4)CC3)CSC12. The summed E-state index contributed by atoms with van der Waals surface area (Å²) < 4.78 is 0. The van der Waals surface area contributed by atoms with Crippen molar-refractivity contribution in [2.75, 3.05) is 43.4 Å². The Morgan fingerprint density at radius 1 is 1.13 bits per heavy atom. The number of nitrogens with zero attached hydrogens (tertiary/aromatic N) is 7. The second-order valence-corrected chi connectivity index (χ2v) is 10.4. The van der Waals surface area contributed by atoms with Crippen LogP contribution in [-0.2, 0) is 25.6 Å². The second kappa shape index (κ2) is 11.7. The summed E-state index contributed by atoms with van der Waals surface area (Å²) in [7, 11) is 0. The molecule has 13 nitrogen and oxygen atoms in total. The van der Waals surface area contributed by atoms with Crippen LogP contribution in [0.1, 0.15) is 12.0 Å². The highest BCUT2D eigenvalue weighted by Gasteiger charge is 2.53. The Kier molecular flexibility index (Phi) is 7.91. The van der Waals surface area contributed by atoms with Gasteiger partial charge in [0.2, 0.25) is 17.1 Å². The minimum Gasteiger partial charge on any atom is -0.569 e. The normalized spacial score (nSPS) is 21.4. The number of anilines is 1. The van der Waals surface area contributed by atoms with Crippen LogP contribution in [0.3, 0.4) is 0 Å². The highest BCUT2D eigenvalue weighted by Crippen LogP contribution is 2.45. The zero-order valence-corrected chi connectivity index (χ0v) is 21.8. The number of Topliss-reactive ketones (excluding diaryl/α,β-unsaturated/α-hetero) is 1. The molecule has 2 atom stereocenters. The van der Waals surface area contributed by atoms with Gasteiger partial charge < -0.3 is 20.1 Å². The van der Waals surface area contributed by atoms with Crippen LogP contribution >= 0.6 is 11.8 Å². The molecule has 0 saturated carbocycles. The number of carbonyl (C=O) groups is 3. The van der Waals surface area contributed by atoms with Gasteiger partial charge in [-0.2, -0.15) is 0 Å². The molecule has 4 heterocycles. The third-order valence-electron chi connectivity index (χ3n) is 6.75. The fourth-order valence-electron chi connectivity index (χ4n) is 4.80. The molecule has 0 radical (unpaired) electrons. The van der Waals surface area contributed by atoms with E-state index in [9.17, 15) is 24.7 Å². The molecular weight excluding hydrogens is 526 g/mol. The number of aliphatic carboxylic acids is 1. The van der Waals surface area contributed by atoms with E-state index in [1.54, 1.807) is 18.5 Å². The number of hydrogen-bond acceptors (Lipinski definition) is 10. The van der Waals surface area contributed by atoms with Crippen molar-refractivity contribution in [1.82, 2.24) is 19.9 Å². The maximum atomic E-state index is 12.9. The number of fused-ring (bicyclic) bond motifs is 1. The Morgan fingerprint density at radius 2 is 1.85 bits per heavy atom. The van der Waals surface area contributed by atoms with Crippen LogP contribution in [0.25, 0.3) is 0 Å². The average Bonchev–Trinajstić information content (AvgIpc) is 2.96. The van der Waals surface area contributed by atoms with E-state index in [0.717, 1.165) is 5.56 Å². The van der Waals surface area contributed by atoms with Crippen LogP contribution in [0.15, 0.2) is 65.3 Å². The highest BCUT2D eigenvalue weighted by atomic mass is 32.2. The van der Waals surface area contributed by atoms with Gasteiger partial charge in [0.25, 0.3) is 0 Å². The molecule has 1 N–H and O–H groups in total. The molecule has 39 heavy (non-hydrogen) atoms. The lowest BCUT2D eigenvalue weighted by molar-refractivity contribution is -0.711. The molecule has 0 aliphatic carbocycles. The summed E-state index contributed by atoms with van der Waals surface area (Å²) in [4.78, 5) is 54.6. The molecule has 2 aromatic rings. The lowest BCUT2D eigenvalue weighted by atomic mass is 9.89. The minimum atomic E-state index is -1.26. The first-order valence-electron chi connectivity index (χ1n) is 12.4. The van der Waals surface area contributed by atoms with Crippen molar-refractivity contribution in [3.63, 3.8) is 0 Å². The van der Waals surface area contributed by atoms with Gasteiger partial charge in [-0.25, -0.2) is 14.8 Å². The van der Waals surface area contributed by atoms with Gasteiger partial charge in [-0.3, -0.25) is 14.5 Å². The number of carboxylic acids is 1. The van der Waals surface area contributed by atoms with Crippen molar-refractivity contribution in [3.8, 4) is 0 Å². The molecule has 3 aliphatic heterocycles. The fourth-order valence-corrected chi connectivity index (χ4v) is 6.19. The predicted octanol–water partition coefficient (Wildman–Crippen LogP) is 1.48. The van der Waals surface area contributed by atoms with Crippen LogP contribution in [0.2, 0.25) is 0 Å². The fraction of sp³-hybridized carbons (Fsp3) is 0.400. The molecule has 1 amide bonds. The first kappa shape index (κ1) is 26.4. The van der Waals surface area contributed by atoms with E-state index in [1.807, 2.05) is 35.2 Å². The standard InChI is InChI=1S/C25H27N7O6S/c33-19(13-17-5-2-1-3-6-17)14-20-22(34)31-21(24(35)36)18(16-39-23(20)31)15-38-28-32(37)30-11-9-29(10-12-30)25-26-7-4-8-27-25/h1-8,20,23H,9-16H2,(H,35,36)/b32-28-. The van der Waals surface area contributed by atoms with Gasteiger partial charge in [0.1, 0.15) is 18.1 Å². The average molecular weight is 554 g/mol. The van der Waals surface area contributed by atoms with Gasteiger partial charge in [0.05, 0.1) is 29.4 Å². The van der Waals surface area contributed by atoms with E-state index in [1.165, 1.54) is 21.7 Å². The van der Waals surface area contributed by atoms with E-state index in [0.29, 0.717) is 42.7 Å². The number of hydrazine groups is 1. The van der Waals surface area contributed by atoms with Gasteiger partial charge in [-0.15, -0.1) is 16.8 Å². The molecule has 0 bridgehead atoms. The minimum absolute atomic E-state index is 0.0603. The molecule has 2 fully saturated rings. The zero-order chi connectivity index (χ0) is 27.4. The molecule has 2 unspecified atom stereocenters. The van der Waals surface area contributed by atoms with Crippen molar-refractivity contribution in [2.24, 2.45) is 11.2 Å². The van der Waals surface area contributed by atoms with E-state index < -0.39 is 23.2 Å². The maximum absolute atomic E-state index is 12.9. The van der Waals surface area contributed by atoms with Crippen molar-refractivity contribution in [2.45, 2.75) is 18.2 Å². The summed E-state index contributed by atoms with van der Waals surface area (Å²) in [5.74, 6) is -1.42. The van der Waals surface area contributed by atoms with Gasteiger partial charge in [0, 0.05) is 49.7 Å². The Bertz CT molecular complexity index is 1280. The summed E-state index contributed by atoms with van der Waals surface area (Å²) in [6.07, 6.45) is 3.60. The highest BCUT2D eigenvalue weighted by molar-refractivity contribution is 8.00. The van der Waals surface area contributed by atoms with E-state index in [4.69, 9.17) is 4.84 Å². The molecule has 2 saturated heterocycles. The lowest BCUT2D eigenvalue weighted by Gasteiger charge is -2.49. The monoisotopic (exact) mass is 553 g/mol. The number of piperazine rings is 1. The Morgan fingerprint density at radius 3 is 2.54 bits per heavy atom. The van der Waals surface area contributed by atoms with Crippen molar-refractivity contribution in [3.05, 3.63) is 70.8 Å². The van der Waals surface area contributed by atoms with Gasteiger partial charge in [-0.05, 0) is 11.6 Å². The molecule has 1 aromatic carbocycles. The number of aromatic nitrogens is 2. The first-order chi connectivity index (χ1) is 18.9. The topological polar surface area (TPSA) is 155 Å². The number of thioether (sulfide) groups is 1. The largest absolute Gasteiger partial charge is 0.569 e. The molecule has 1 aromatic heterocycles. The van der Waals surface area contributed by atoms with Crippen molar-refractivity contribution >= 4 is 35.4 Å². The number of benzene rings is 1. The van der Waals surface area contributed by atoms with Gasteiger partial charge in [0.15, 0.2) is 0 Å². The van der Waals surface area contributed by atoms with Gasteiger partial charge >= 0.3 is 5.97 Å². The van der Waals surface area contributed by atoms with Crippen LogP contribution in [-0.4, -0.2) is 91.5 Å². The Hall–Kier alpha value is -4.20. The second-order valence-electron chi connectivity index (χ2n) is 9.28. The number of carboxylic acid groups (broad SMARTS) is 1. The molecule has 3 aliphatic rings. The number of ketones is 1. The summed E-state index contributed by atoms with van der Waals surface area (Å²) in [5.41, 5.74) is 1.05. The van der Waals surface area contributed by atoms with Crippen LogP contribution in [0, 0.1) is 11.1 Å². The number of carbonyl (C=O) groups excluding carboxylic acids is 2. The molecular formula is C25H27N7O6S. The first-order valence-corrected chi connectivity index (χ1v) is 13.5. The third-order valence-corrected chi connectivity index (χ3v) is 8.15. The summed E-state index contributed by atoms with van der Waals surface area (Å²) in [6.45, 7) is 1.55. The van der Waals surface area contributed by atoms with Crippen molar-refractivity contribution in [1.29, 1.82) is 0 Å². The predicted molar refractivity (Wildman–Crippen MR) is 139 cm³/mol. The van der Waals surface area contributed by atoms with Crippen LogP contribution in [0.4, 0.5) is 5.95 Å². The molecule has 14 heteroatoms. The summed E-state index contributed by atoms with van der Waals surface area (Å²) in [6, 6.07) is 11.0. The molecule has 0 spiro atoms. The number of amides is 1.